The molecule has 2 atom stereocenters. The van der Waals surface area contributed by atoms with E-state index in [9.17, 15) is 23.1 Å². The third-order valence-electron chi connectivity index (χ3n) is 3.55. The molecule has 6 nitrogen and oxygen atoms in total. The van der Waals surface area contributed by atoms with Crippen molar-refractivity contribution < 1.29 is 27.8 Å². The molecule has 1 aliphatic rings. The molecule has 2 rings (SSSR count). The van der Waals surface area contributed by atoms with Crippen molar-refractivity contribution in [2.75, 3.05) is 18.9 Å². The minimum absolute atomic E-state index is 0.181. The fraction of sp³-hybridized carbons (Fsp3) is 0.500. The van der Waals surface area contributed by atoms with Crippen LogP contribution in [-0.2, 0) is 4.79 Å². The van der Waals surface area contributed by atoms with Crippen LogP contribution in [0.15, 0.2) is 18.2 Å². The third kappa shape index (κ3) is 5.53. The number of para-hydroxylation sites is 1. The predicted molar refractivity (Wildman–Crippen MR) is 84.9 cm³/mol. The molecule has 0 bridgehead atoms. The molecular weight excluding hydrogens is 339 g/mol. The van der Waals surface area contributed by atoms with Crippen LogP contribution in [0.5, 0.6) is 11.5 Å². The van der Waals surface area contributed by atoms with Gasteiger partial charge >= 0.3 is 6.36 Å². The lowest BCUT2D eigenvalue weighted by atomic mass is 10.1. The number of nitrogens with one attached hydrogen (secondary N) is 1. The number of phenolic OH excluding ortho intramolecular Hbond substituents is 1. The molecule has 1 aromatic rings. The van der Waals surface area contributed by atoms with Gasteiger partial charge in [0, 0.05) is 6.54 Å². The van der Waals surface area contributed by atoms with Crippen molar-refractivity contribution in [2.24, 2.45) is 5.92 Å². The number of ether oxygens (including phenoxy) is 1. The highest BCUT2D eigenvalue weighted by molar-refractivity contribution is 5.94. The lowest BCUT2D eigenvalue weighted by molar-refractivity contribution is -0.275. The highest BCUT2D eigenvalue weighted by Gasteiger charge is 2.35. The van der Waals surface area contributed by atoms with Gasteiger partial charge in [0.1, 0.15) is 0 Å². The Morgan fingerprint density at radius 3 is 2.60 bits per heavy atom. The first-order valence-electron chi connectivity index (χ1n) is 7.69. The summed E-state index contributed by atoms with van der Waals surface area (Å²) in [7, 11) is 1.70. The van der Waals surface area contributed by atoms with E-state index in [1.165, 1.54) is 12.1 Å². The number of hydrogen-bond donors (Lipinski definition) is 2. The van der Waals surface area contributed by atoms with Crippen LogP contribution in [0.25, 0.3) is 0 Å². The Kier molecular flexibility index (Phi) is 7.06. The molecule has 1 saturated heterocycles. The van der Waals surface area contributed by atoms with Gasteiger partial charge in [-0.05, 0) is 25.6 Å². The summed E-state index contributed by atoms with van der Waals surface area (Å²) in [5, 5.41) is 21.1. The molecule has 0 aliphatic carbocycles. The number of benzene rings is 1. The van der Waals surface area contributed by atoms with Gasteiger partial charge in [0.25, 0.3) is 0 Å². The van der Waals surface area contributed by atoms with Crippen LogP contribution in [0.4, 0.5) is 18.9 Å². The zero-order valence-electron chi connectivity index (χ0n) is 14.1. The summed E-state index contributed by atoms with van der Waals surface area (Å²) in [5.74, 6) is -2.57. The topological polar surface area (TPSA) is 85.6 Å². The predicted octanol–water partition coefficient (Wildman–Crippen LogP) is 3.10. The van der Waals surface area contributed by atoms with Gasteiger partial charge in [-0.1, -0.05) is 19.9 Å². The van der Waals surface area contributed by atoms with Gasteiger partial charge in [0.2, 0.25) is 5.91 Å². The molecule has 0 radical (unpaired) electrons. The Bertz CT molecular complexity index is 644. The van der Waals surface area contributed by atoms with Crippen LogP contribution >= 0.6 is 0 Å². The number of hydrogen-bond acceptors (Lipinski definition) is 5. The van der Waals surface area contributed by atoms with Crippen LogP contribution in [0.3, 0.4) is 0 Å². The number of alkyl halides is 3. The molecule has 9 heteroatoms. The lowest BCUT2D eigenvalue weighted by Gasteiger charge is -2.15. The number of phenols is 1. The number of nitriles is 1. The SMILES string of the molecule is CC.CN1CC(C(=O)Nc2cccc(OC(F)(F)F)c2O)CC1C#N. The number of carbonyl (C=O) groups excluding carboxylic acids is 1. The highest BCUT2D eigenvalue weighted by Crippen LogP contribution is 2.37. The van der Waals surface area contributed by atoms with Crippen molar-refractivity contribution in [3.63, 3.8) is 0 Å². The van der Waals surface area contributed by atoms with Crippen LogP contribution in [0.2, 0.25) is 0 Å². The van der Waals surface area contributed by atoms with Gasteiger partial charge in [0.15, 0.2) is 11.5 Å². The molecule has 1 fully saturated rings. The van der Waals surface area contributed by atoms with Gasteiger partial charge in [0.05, 0.1) is 23.7 Å². The van der Waals surface area contributed by atoms with Crippen molar-refractivity contribution in [1.29, 1.82) is 5.26 Å². The Labute approximate surface area is 143 Å². The fourth-order valence-corrected chi connectivity index (χ4v) is 2.41. The minimum atomic E-state index is -4.95. The second kappa shape index (κ2) is 8.58. The molecular formula is C16H20F3N3O3. The standard InChI is InChI=1S/C14H14F3N3O3.C2H6/c1-20-7-8(5-9(20)6-18)13(22)19-10-3-2-4-11(12(10)21)23-14(15,16)17;1-2/h2-4,8-9,21H,5,7H2,1H3,(H,19,22);1-2H3. The molecule has 0 spiro atoms. The first-order chi connectivity index (χ1) is 11.7. The molecule has 25 heavy (non-hydrogen) atoms. The van der Waals surface area contributed by atoms with Gasteiger partial charge in [-0.2, -0.15) is 5.26 Å². The van der Waals surface area contributed by atoms with E-state index in [0.717, 1.165) is 6.07 Å². The molecule has 1 aliphatic heterocycles. The Balaban J connectivity index is 0.00000151. The van der Waals surface area contributed by atoms with Crippen molar-refractivity contribution in [3.05, 3.63) is 18.2 Å². The van der Waals surface area contributed by atoms with Crippen LogP contribution in [0, 0.1) is 17.2 Å². The van der Waals surface area contributed by atoms with E-state index in [4.69, 9.17) is 5.26 Å². The molecule has 1 heterocycles. The van der Waals surface area contributed by atoms with E-state index in [2.05, 4.69) is 16.1 Å². The maximum atomic E-state index is 12.2. The van der Waals surface area contributed by atoms with E-state index >= 15 is 0 Å². The van der Waals surface area contributed by atoms with Crippen molar-refractivity contribution in [3.8, 4) is 17.6 Å². The summed E-state index contributed by atoms with van der Waals surface area (Å²) in [6.45, 7) is 4.35. The van der Waals surface area contributed by atoms with Gasteiger partial charge in [-0.3, -0.25) is 9.69 Å². The summed E-state index contributed by atoms with van der Waals surface area (Å²) in [4.78, 5) is 13.9. The number of likely N-dealkylation sites (tertiary alicyclic amines) is 1. The molecule has 1 amide bonds. The molecule has 2 unspecified atom stereocenters. The number of carbonyl (C=O) groups is 1. The number of anilines is 1. The largest absolute Gasteiger partial charge is 0.573 e. The Morgan fingerprint density at radius 1 is 1.44 bits per heavy atom. The quantitative estimate of drug-likeness (QED) is 0.810. The van der Waals surface area contributed by atoms with E-state index in [0.29, 0.717) is 13.0 Å². The minimum Gasteiger partial charge on any atom is -0.503 e. The van der Waals surface area contributed by atoms with E-state index in [1.807, 2.05) is 13.8 Å². The van der Waals surface area contributed by atoms with Gasteiger partial charge < -0.3 is 15.2 Å². The number of aromatic hydroxyl groups is 1. The first-order valence-corrected chi connectivity index (χ1v) is 7.69. The number of amides is 1. The Morgan fingerprint density at radius 2 is 2.08 bits per heavy atom. The smallest absolute Gasteiger partial charge is 0.503 e. The molecule has 0 saturated carbocycles. The van der Waals surface area contributed by atoms with Crippen molar-refractivity contribution in [2.45, 2.75) is 32.7 Å². The summed E-state index contributed by atoms with van der Waals surface area (Å²) >= 11 is 0. The fourth-order valence-electron chi connectivity index (χ4n) is 2.41. The second-order valence-electron chi connectivity index (χ2n) is 5.21. The van der Waals surface area contributed by atoms with Gasteiger partial charge in [-0.15, -0.1) is 13.2 Å². The van der Waals surface area contributed by atoms with E-state index in [-0.39, 0.29) is 11.7 Å². The number of halogens is 3. The lowest BCUT2D eigenvalue weighted by Crippen LogP contribution is -2.26. The van der Waals surface area contributed by atoms with Crippen LogP contribution in [-0.4, -0.2) is 41.9 Å². The third-order valence-corrected chi connectivity index (χ3v) is 3.55. The van der Waals surface area contributed by atoms with Crippen molar-refractivity contribution in [1.82, 2.24) is 4.90 Å². The zero-order chi connectivity index (χ0) is 19.2. The highest BCUT2D eigenvalue weighted by atomic mass is 19.4. The first kappa shape index (κ1) is 20.6. The van der Waals surface area contributed by atoms with Gasteiger partial charge in [-0.25, -0.2) is 0 Å². The normalized spacial score (nSPS) is 20.2. The zero-order valence-corrected chi connectivity index (χ0v) is 14.1. The van der Waals surface area contributed by atoms with Crippen molar-refractivity contribution >= 4 is 11.6 Å². The summed E-state index contributed by atoms with van der Waals surface area (Å²) < 4.78 is 40.4. The number of nitrogens with zero attached hydrogens (tertiary/aromatic N) is 2. The number of rotatable bonds is 3. The summed E-state index contributed by atoms with van der Waals surface area (Å²) in [5.41, 5.74) is -0.181. The average Bonchev–Trinajstić information content (AvgIpc) is 2.93. The molecule has 2 N–H and O–H groups in total. The average molecular weight is 359 g/mol. The van der Waals surface area contributed by atoms with E-state index in [1.54, 1.807) is 11.9 Å². The molecule has 138 valence electrons. The summed E-state index contributed by atoms with van der Waals surface area (Å²) in [6.07, 6.45) is -4.63. The van der Waals surface area contributed by atoms with Crippen LogP contribution in [0.1, 0.15) is 20.3 Å². The maximum absolute atomic E-state index is 12.2. The van der Waals surface area contributed by atoms with Crippen LogP contribution < -0.4 is 10.1 Å². The second-order valence-corrected chi connectivity index (χ2v) is 5.21. The Hall–Kier alpha value is -2.47. The molecule has 0 aromatic heterocycles. The monoisotopic (exact) mass is 359 g/mol. The van der Waals surface area contributed by atoms with E-state index < -0.39 is 29.7 Å². The summed E-state index contributed by atoms with van der Waals surface area (Å²) in [6, 6.07) is 5.09. The molecule has 1 aromatic carbocycles. The maximum Gasteiger partial charge on any atom is 0.573 e.